The van der Waals surface area contributed by atoms with E-state index in [4.69, 9.17) is 5.11 Å². The van der Waals surface area contributed by atoms with Crippen molar-refractivity contribution in [2.24, 2.45) is 0 Å². The van der Waals surface area contributed by atoms with Gasteiger partial charge in [0.1, 0.15) is 5.82 Å². The number of nitrogens with one attached hydrogen (secondary N) is 1. The van der Waals surface area contributed by atoms with Gasteiger partial charge in [-0.05, 0) is 19.1 Å². The first-order chi connectivity index (χ1) is 6.33. The van der Waals surface area contributed by atoms with Crippen molar-refractivity contribution < 1.29 is 5.11 Å². The van der Waals surface area contributed by atoms with E-state index in [0.29, 0.717) is 6.54 Å². The van der Waals surface area contributed by atoms with E-state index in [1.165, 1.54) is 0 Å². The molecule has 0 radical (unpaired) electrons. The number of rotatable bonds is 3. The van der Waals surface area contributed by atoms with Gasteiger partial charge in [-0.3, -0.25) is 0 Å². The minimum Gasteiger partial charge on any atom is -0.395 e. The van der Waals surface area contributed by atoms with Crippen LogP contribution >= 0.6 is 0 Å². The van der Waals surface area contributed by atoms with E-state index in [9.17, 15) is 0 Å². The molecular weight excluding hydrogens is 164 g/mol. The lowest BCUT2D eigenvalue weighted by molar-refractivity contribution is 0.311. The third-order valence-corrected chi connectivity index (χ3v) is 1.31. The summed E-state index contributed by atoms with van der Waals surface area (Å²) in [4.78, 5) is 4.19. The fourth-order valence-corrected chi connectivity index (χ4v) is 0.825. The summed E-state index contributed by atoms with van der Waals surface area (Å²) >= 11 is 0. The summed E-state index contributed by atoms with van der Waals surface area (Å²) in [6.07, 6.45) is 0. The highest BCUT2D eigenvalue weighted by Gasteiger charge is 1.90. The van der Waals surface area contributed by atoms with Crippen molar-refractivity contribution in [2.75, 3.05) is 18.5 Å². The van der Waals surface area contributed by atoms with Crippen LogP contribution in [-0.2, 0) is 0 Å². The van der Waals surface area contributed by atoms with Gasteiger partial charge in [-0.25, -0.2) is 4.98 Å². The second kappa shape index (κ2) is 7.55. The molecule has 0 aromatic carbocycles. The summed E-state index contributed by atoms with van der Waals surface area (Å²) in [6, 6.07) is 5.74. The zero-order valence-electron chi connectivity index (χ0n) is 8.54. The van der Waals surface area contributed by atoms with Crippen molar-refractivity contribution in [3.63, 3.8) is 0 Å². The first-order valence-electron chi connectivity index (χ1n) is 4.61. The van der Waals surface area contributed by atoms with Gasteiger partial charge in [0, 0.05) is 12.2 Å². The van der Waals surface area contributed by atoms with Gasteiger partial charge in [-0.1, -0.05) is 19.9 Å². The minimum atomic E-state index is 0.135. The summed E-state index contributed by atoms with van der Waals surface area (Å²) in [5.74, 6) is 0.819. The fraction of sp³-hybridized carbons (Fsp3) is 0.500. The Morgan fingerprint density at radius 2 is 2.08 bits per heavy atom. The lowest BCUT2D eigenvalue weighted by atomic mass is 10.4. The quantitative estimate of drug-likeness (QED) is 0.749. The lowest BCUT2D eigenvalue weighted by Gasteiger charge is -2.02. The molecule has 1 aromatic rings. The molecule has 1 heterocycles. The zero-order chi connectivity index (χ0) is 10.1. The van der Waals surface area contributed by atoms with Crippen molar-refractivity contribution >= 4 is 5.82 Å². The monoisotopic (exact) mass is 182 g/mol. The van der Waals surface area contributed by atoms with Crippen molar-refractivity contribution in [2.45, 2.75) is 20.8 Å². The molecule has 0 spiro atoms. The van der Waals surface area contributed by atoms with Crippen LogP contribution in [0.1, 0.15) is 19.5 Å². The van der Waals surface area contributed by atoms with Crippen molar-refractivity contribution in [1.29, 1.82) is 0 Å². The van der Waals surface area contributed by atoms with E-state index in [-0.39, 0.29) is 6.61 Å². The highest BCUT2D eigenvalue weighted by molar-refractivity contribution is 5.34. The molecule has 0 unspecified atom stereocenters. The molecule has 1 aromatic heterocycles. The average molecular weight is 182 g/mol. The smallest absolute Gasteiger partial charge is 0.126 e. The Kier molecular flexibility index (Phi) is 6.92. The number of aliphatic hydroxyl groups excluding tert-OH is 1. The van der Waals surface area contributed by atoms with Gasteiger partial charge in [0.2, 0.25) is 0 Å². The first-order valence-corrected chi connectivity index (χ1v) is 4.61. The maximum atomic E-state index is 8.51. The fourth-order valence-electron chi connectivity index (χ4n) is 0.825. The van der Waals surface area contributed by atoms with Crippen LogP contribution in [0, 0.1) is 6.92 Å². The van der Waals surface area contributed by atoms with E-state index in [1.807, 2.05) is 39.0 Å². The molecule has 1 rings (SSSR count). The molecule has 2 N–H and O–H groups in total. The normalized spacial score (nSPS) is 8.62. The van der Waals surface area contributed by atoms with Gasteiger partial charge in [0.05, 0.1) is 6.61 Å². The van der Waals surface area contributed by atoms with E-state index >= 15 is 0 Å². The molecule has 0 saturated carbocycles. The first kappa shape index (κ1) is 11.9. The molecule has 3 heteroatoms. The summed E-state index contributed by atoms with van der Waals surface area (Å²) in [7, 11) is 0. The highest BCUT2D eigenvalue weighted by atomic mass is 16.3. The van der Waals surface area contributed by atoms with Crippen LogP contribution in [0.3, 0.4) is 0 Å². The van der Waals surface area contributed by atoms with Gasteiger partial charge >= 0.3 is 0 Å². The predicted molar refractivity (Wildman–Crippen MR) is 55.9 cm³/mol. The molecule has 0 amide bonds. The van der Waals surface area contributed by atoms with Crippen LogP contribution in [-0.4, -0.2) is 23.2 Å². The van der Waals surface area contributed by atoms with Crippen LogP contribution in [0.2, 0.25) is 0 Å². The van der Waals surface area contributed by atoms with Gasteiger partial charge in [-0.15, -0.1) is 0 Å². The molecule has 0 aliphatic carbocycles. The standard InChI is InChI=1S/C8H12N2O.C2H6/c1-7-3-2-4-8(10-7)9-5-6-11;1-2/h2-4,11H,5-6H2,1H3,(H,9,10);1-2H3. The predicted octanol–water partition coefficient (Wildman–Crippen LogP) is 1.82. The van der Waals surface area contributed by atoms with Crippen LogP contribution in [0.4, 0.5) is 5.82 Å². The maximum absolute atomic E-state index is 8.51. The Morgan fingerprint density at radius 1 is 1.38 bits per heavy atom. The van der Waals surface area contributed by atoms with E-state index in [0.717, 1.165) is 11.5 Å². The largest absolute Gasteiger partial charge is 0.395 e. The SMILES string of the molecule is CC.Cc1cccc(NCCO)n1. The number of aryl methyl sites for hydroxylation is 1. The Balaban J connectivity index is 0.000000671. The molecule has 0 aliphatic heterocycles. The maximum Gasteiger partial charge on any atom is 0.126 e. The van der Waals surface area contributed by atoms with Crippen molar-refractivity contribution in [3.05, 3.63) is 23.9 Å². The van der Waals surface area contributed by atoms with Gasteiger partial charge < -0.3 is 10.4 Å². The molecular formula is C10H18N2O. The topological polar surface area (TPSA) is 45.1 Å². The average Bonchev–Trinajstić information content (AvgIpc) is 2.18. The van der Waals surface area contributed by atoms with E-state index in [1.54, 1.807) is 0 Å². The van der Waals surface area contributed by atoms with Crippen molar-refractivity contribution in [1.82, 2.24) is 4.98 Å². The summed E-state index contributed by atoms with van der Waals surface area (Å²) in [6.45, 7) is 6.62. The molecule has 0 aliphatic rings. The number of nitrogens with zero attached hydrogens (tertiary/aromatic N) is 1. The number of hydrogen-bond donors (Lipinski definition) is 2. The molecule has 0 fully saturated rings. The highest BCUT2D eigenvalue weighted by Crippen LogP contribution is 2.02. The number of anilines is 1. The van der Waals surface area contributed by atoms with Crippen LogP contribution in [0.5, 0.6) is 0 Å². The number of aliphatic hydroxyl groups is 1. The Bertz CT molecular complexity index is 226. The third kappa shape index (κ3) is 5.20. The Labute approximate surface area is 79.8 Å². The molecule has 3 nitrogen and oxygen atoms in total. The molecule has 0 bridgehead atoms. The van der Waals surface area contributed by atoms with Crippen LogP contribution < -0.4 is 5.32 Å². The molecule has 13 heavy (non-hydrogen) atoms. The van der Waals surface area contributed by atoms with Gasteiger partial charge in [0.15, 0.2) is 0 Å². The lowest BCUT2D eigenvalue weighted by Crippen LogP contribution is -2.06. The van der Waals surface area contributed by atoms with Gasteiger partial charge in [0.25, 0.3) is 0 Å². The van der Waals surface area contributed by atoms with E-state index < -0.39 is 0 Å². The van der Waals surface area contributed by atoms with Gasteiger partial charge in [-0.2, -0.15) is 0 Å². The molecule has 0 saturated heterocycles. The Morgan fingerprint density at radius 3 is 2.62 bits per heavy atom. The number of pyridine rings is 1. The van der Waals surface area contributed by atoms with Crippen LogP contribution in [0.15, 0.2) is 18.2 Å². The molecule has 74 valence electrons. The second-order valence-corrected chi connectivity index (χ2v) is 2.31. The zero-order valence-corrected chi connectivity index (χ0v) is 8.54. The molecule has 0 atom stereocenters. The summed E-state index contributed by atoms with van der Waals surface area (Å²) in [5.41, 5.74) is 0.980. The number of hydrogen-bond acceptors (Lipinski definition) is 3. The second-order valence-electron chi connectivity index (χ2n) is 2.31. The summed E-state index contributed by atoms with van der Waals surface area (Å²) < 4.78 is 0. The minimum absolute atomic E-state index is 0.135. The Hall–Kier alpha value is -1.09. The summed E-state index contributed by atoms with van der Waals surface area (Å²) in [5, 5.41) is 11.5. The number of aromatic nitrogens is 1. The van der Waals surface area contributed by atoms with Crippen molar-refractivity contribution in [3.8, 4) is 0 Å². The van der Waals surface area contributed by atoms with E-state index in [2.05, 4.69) is 10.3 Å². The third-order valence-electron chi connectivity index (χ3n) is 1.31. The van der Waals surface area contributed by atoms with Crippen LogP contribution in [0.25, 0.3) is 0 Å².